The fourth-order valence-electron chi connectivity index (χ4n) is 3.26. The first-order valence-corrected chi connectivity index (χ1v) is 10.6. The van der Waals surface area contributed by atoms with Crippen LogP contribution in [0.5, 0.6) is 0 Å². The maximum Gasteiger partial charge on any atom is 0.255 e. The van der Waals surface area contributed by atoms with Crippen LogP contribution in [0, 0.1) is 6.92 Å². The molecule has 0 saturated carbocycles. The molecule has 3 aromatic rings. The van der Waals surface area contributed by atoms with E-state index in [2.05, 4.69) is 5.32 Å². The number of thioether (sulfide) groups is 1. The van der Waals surface area contributed by atoms with Gasteiger partial charge in [0.2, 0.25) is 5.91 Å². The van der Waals surface area contributed by atoms with Crippen LogP contribution in [0.1, 0.15) is 26.9 Å². The van der Waals surface area contributed by atoms with Crippen LogP contribution in [0.3, 0.4) is 0 Å². The van der Waals surface area contributed by atoms with Crippen molar-refractivity contribution < 1.29 is 9.59 Å². The molecule has 1 N–H and O–H groups in total. The third kappa shape index (κ3) is 4.16. The van der Waals surface area contributed by atoms with E-state index in [1.54, 1.807) is 40.9 Å². The van der Waals surface area contributed by atoms with Crippen LogP contribution in [0.25, 0.3) is 0 Å². The Kier molecular flexibility index (Phi) is 5.60. The minimum atomic E-state index is -0.217. The number of nitrogens with one attached hydrogen (secondary N) is 1. The molecule has 0 aliphatic carbocycles. The van der Waals surface area contributed by atoms with Gasteiger partial charge in [-0.05, 0) is 49.4 Å². The predicted molar refractivity (Wildman–Crippen MR) is 120 cm³/mol. The number of nitrogens with zero attached hydrogens (tertiary/aromatic N) is 1. The summed E-state index contributed by atoms with van der Waals surface area (Å²) in [6, 6.07) is 22.3. The van der Waals surface area contributed by atoms with Gasteiger partial charge in [0, 0.05) is 27.5 Å². The SMILES string of the molecule is Cc1ccc(N2C(=O)CSC2c2ccccc2NC(=O)c2ccc(Cl)cc2)cc1. The largest absolute Gasteiger partial charge is 0.322 e. The number of halogens is 1. The minimum Gasteiger partial charge on any atom is -0.322 e. The Morgan fingerprint density at radius 3 is 2.45 bits per heavy atom. The number of para-hydroxylation sites is 1. The molecule has 1 fully saturated rings. The van der Waals surface area contributed by atoms with Crippen LogP contribution >= 0.6 is 23.4 Å². The van der Waals surface area contributed by atoms with Crippen LogP contribution in [-0.4, -0.2) is 17.6 Å². The Morgan fingerprint density at radius 2 is 1.72 bits per heavy atom. The molecule has 146 valence electrons. The summed E-state index contributed by atoms with van der Waals surface area (Å²) in [6.07, 6.45) is 0. The normalized spacial score (nSPS) is 16.1. The number of aryl methyl sites for hydroxylation is 1. The second kappa shape index (κ2) is 8.31. The Hall–Kier alpha value is -2.76. The lowest BCUT2D eigenvalue weighted by atomic mass is 10.1. The average molecular weight is 423 g/mol. The van der Waals surface area contributed by atoms with Crippen LogP contribution in [-0.2, 0) is 4.79 Å². The van der Waals surface area contributed by atoms with Gasteiger partial charge in [-0.3, -0.25) is 14.5 Å². The van der Waals surface area contributed by atoms with E-state index in [-0.39, 0.29) is 17.2 Å². The van der Waals surface area contributed by atoms with Crippen molar-refractivity contribution in [1.82, 2.24) is 0 Å². The molecule has 1 saturated heterocycles. The topological polar surface area (TPSA) is 49.4 Å². The summed E-state index contributed by atoms with van der Waals surface area (Å²) in [6.45, 7) is 2.02. The van der Waals surface area contributed by atoms with Crippen LogP contribution in [0.15, 0.2) is 72.8 Å². The molecule has 6 heteroatoms. The van der Waals surface area contributed by atoms with Crippen LogP contribution in [0.4, 0.5) is 11.4 Å². The van der Waals surface area contributed by atoms with Gasteiger partial charge in [-0.25, -0.2) is 0 Å². The van der Waals surface area contributed by atoms with E-state index in [4.69, 9.17) is 11.6 Å². The maximum absolute atomic E-state index is 12.7. The summed E-state index contributed by atoms with van der Waals surface area (Å²) in [5.41, 5.74) is 4.10. The van der Waals surface area contributed by atoms with Crippen molar-refractivity contribution in [3.05, 3.63) is 94.5 Å². The lowest BCUT2D eigenvalue weighted by Gasteiger charge is -2.26. The number of hydrogen-bond donors (Lipinski definition) is 1. The zero-order valence-electron chi connectivity index (χ0n) is 15.8. The maximum atomic E-state index is 12.7. The Bertz CT molecular complexity index is 1050. The molecule has 2 amide bonds. The van der Waals surface area contributed by atoms with Gasteiger partial charge in [-0.2, -0.15) is 0 Å². The molecule has 4 rings (SSSR count). The smallest absolute Gasteiger partial charge is 0.255 e. The second-order valence-corrected chi connectivity index (χ2v) is 8.32. The average Bonchev–Trinajstić information content (AvgIpc) is 3.11. The first-order valence-electron chi connectivity index (χ1n) is 9.19. The third-order valence-electron chi connectivity index (χ3n) is 4.76. The summed E-state index contributed by atoms with van der Waals surface area (Å²) >= 11 is 7.47. The number of anilines is 2. The standard InChI is InChI=1S/C23H19ClN2O2S/c1-15-6-12-18(13-7-15)26-21(27)14-29-23(26)19-4-2-3-5-20(19)25-22(28)16-8-10-17(24)11-9-16/h2-13,23H,14H2,1H3,(H,25,28). The van der Waals surface area contributed by atoms with Gasteiger partial charge >= 0.3 is 0 Å². The van der Waals surface area contributed by atoms with Crippen molar-refractivity contribution >= 4 is 46.6 Å². The quantitative estimate of drug-likeness (QED) is 0.588. The molecule has 1 aliphatic heterocycles. The van der Waals surface area contributed by atoms with Crippen LogP contribution < -0.4 is 10.2 Å². The van der Waals surface area contributed by atoms with Gasteiger partial charge in [-0.1, -0.05) is 47.5 Å². The van der Waals surface area contributed by atoms with E-state index in [1.165, 1.54) is 0 Å². The highest BCUT2D eigenvalue weighted by Gasteiger charge is 2.35. The van der Waals surface area contributed by atoms with Gasteiger partial charge in [0.05, 0.1) is 5.75 Å². The van der Waals surface area contributed by atoms with E-state index in [9.17, 15) is 9.59 Å². The molecular weight excluding hydrogens is 404 g/mol. The van der Waals surface area contributed by atoms with Gasteiger partial charge in [0.25, 0.3) is 5.91 Å². The summed E-state index contributed by atoms with van der Waals surface area (Å²) in [7, 11) is 0. The van der Waals surface area contributed by atoms with Gasteiger partial charge < -0.3 is 5.32 Å². The lowest BCUT2D eigenvalue weighted by molar-refractivity contribution is -0.115. The summed E-state index contributed by atoms with van der Waals surface area (Å²) < 4.78 is 0. The fraction of sp³-hybridized carbons (Fsp3) is 0.130. The van der Waals surface area contributed by atoms with Crippen molar-refractivity contribution in [2.75, 3.05) is 16.0 Å². The highest BCUT2D eigenvalue weighted by molar-refractivity contribution is 8.00. The minimum absolute atomic E-state index is 0.0580. The summed E-state index contributed by atoms with van der Waals surface area (Å²) in [5, 5.41) is 3.36. The summed E-state index contributed by atoms with van der Waals surface area (Å²) in [5.74, 6) is 0.242. The number of rotatable bonds is 4. The molecule has 29 heavy (non-hydrogen) atoms. The van der Waals surface area contributed by atoms with Crippen molar-refractivity contribution in [3.8, 4) is 0 Å². The number of benzene rings is 3. The van der Waals surface area contributed by atoms with Crippen LogP contribution in [0.2, 0.25) is 5.02 Å². The number of hydrogen-bond acceptors (Lipinski definition) is 3. The zero-order valence-corrected chi connectivity index (χ0v) is 17.3. The van der Waals surface area contributed by atoms with Crippen molar-refractivity contribution in [2.45, 2.75) is 12.3 Å². The molecule has 4 nitrogen and oxygen atoms in total. The summed E-state index contributed by atoms with van der Waals surface area (Å²) in [4.78, 5) is 27.1. The molecule has 1 aliphatic rings. The van der Waals surface area contributed by atoms with E-state index < -0.39 is 0 Å². The van der Waals surface area contributed by atoms with Crippen molar-refractivity contribution in [1.29, 1.82) is 0 Å². The predicted octanol–water partition coefficient (Wildman–Crippen LogP) is 5.68. The molecule has 1 unspecified atom stereocenters. The van der Waals surface area contributed by atoms with E-state index in [0.717, 1.165) is 16.8 Å². The number of carbonyl (C=O) groups is 2. The highest BCUT2D eigenvalue weighted by Crippen LogP contribution is 2.44. The van der Waals surface area contributed by atoms with E-state index in [0.29, 0.717) is 22.0 Å². The zero-order chi connectivity index (χ0) is 20.4. The van der Waals surface area contributed by atoms with E-state index in [1.807, 2.05) is 55.5 Å². The first kappa shape index (κ1) is 19.6. The van der Waals surface area contributed by atoms with Gasteiger partial charge in [0.1, 0.15) is 5.37 Å². The monoisotopic (exact) mass is 422 g/mol. The molecule has 0 bridgehead atoms. The molecule has 1 atom stereocenters. The third-order valence-corrected chi connectivity index (χ3v) is 6.21. The van der Waals surface area contributed by atoms with E-state index >= 15 is 0 Å². The fourth-order valence-corrected chi connectivity index (χ4v) is 4.60. The Labute approximate surface area is 178 Å². The van der Waals surface area contributed by atoms with Crippen molar-refractivity contribution in [2.24, 2.45) is 0 Å². The number of amides is 2. The molecule has 1 heterocycles. The molecular formula is C23H19ClN2O2S. The van der Waals surface area contributed by atoms with Gasteiger partial charge in [0.15, 0.2) is 0 Å². The molecule has 0 spiro atoms. The molecule has 0 radical (unpaired) electrons. The first-order chi connectivity index (χ1) is 14.0. The molecule has 0 aromatic heterocycles. The highest BCUT2D eigenvalue weighted by atomic mass is 35.5. The van der Waals surface area contributed by atoms with Gasteiger partial charge in [-0.15, -0.1) is 11.8 Å². The second-order valence-electron chi connectivity index (χ2n) is 6.81. The Balaban J connectivity index is 1.65. The lowest BCUT2D eigenvalue weighted by Crippen LogP contribution is -2.28. The number of carbonyl (C=O) groups excluding carboxylic acids is 2. The Morgan fingerprint density at radius 1 is 1.03 bits per heavy atom. The van der Waals surface area contributed by atoms with Crippen molar-refractivity contribution in [3.63, 3.8) is 0 Å². The molecule has 3 aromatic carbocycles.